The molecule has 292 valence electrons. The molecule has 1 heterocycles. The molecule has 0 spiro atoms. The summed E-state index contributed by atoms with van der Waals surface area (Å²) in [6, 6.07) is 4.16. The zero-order chi connectivity index (χ0) is 40.4. The van der Waals surface area contributed by atoms with Crippen LogP contribution >= 0.6 is 15.9 Å². The van der Waals surface area contributed by atoms with Gasteiger partial charge in [-0.1, -0.05) is 82.6 Å². The Bertz CT molecular complexity index is 1590. The van der Waals surface area contributed by atoms with Gasteiger partial charge in [0.1, 0.15) is 17.9 Å². The lowest BCUT2D eigenvalue weighted by atomic mass is 9.76. The van der Waals surface area contributed by atoms with Crippen LogP contribution in [0, 0.1) is 11.3 Å². The maximum atomic E-state index is 14.2. The minimum atomic E-state index is -1.35. The number of aliphatic carboxylic acids is 1. The minimum absolute atomic E-state index is 0.0428. The van der Waals surface area contributed by atoms with Crippen molar-refractivity contribution < 1.29 is 38.7 Å². The molecule has 1 aliphatic heterocycles. The summed E-state index contributed by atoms with van der Waals surface area (Å²) in [5.74, 6) is -3.99. The summed E-state index contributed by atoms with van der Waals surface area (Å²) in [6.07, 6.45) is 3.94. The summed E-state index contributed by atoms with van der Waals surface area (Å²) < 4.78 is 0.880. The van der Waals surface area contributed by atoms with Crippen LogP contribution in [0.2, 0.25) is 0 Å². The van der Waals surface area contributed by atoms with E-state index >= 15 is 0 Å². The second-order valence-electron chi connectivity index (χ2n) is 15.5. The van der Waals surface area contributed by atoms with Crippen LogP contribution in [0.15, 0.2) is 52.5 Å². The Balaban J connectivity index is 2.15. The van der Waals surface area contributed by atoms with Gasteiger partial charge in [-0.3, -0.25) is 33.7 Å². The van der Waals surface area contributed by atoms with Gasteiger partial charge in [-0.05, 0) is 55.8 Å². The number of Topliss-reactive ketones (excluding diaryl/α,β-unsaturated/α-hetero) is 1. The van der Waals surface area contributed by atoms with Crippen molar-refractivity contribution in [1.29, 1.82) is 0 Å². The maximum Gasteiger partial charge on any atom is 0.326 e. The van der Waals surface area contributed by atoms with Crippen LogP contribution in [-0.4, -0.2) is 101 Å². The van der Waals surface area contributed by atoms with Gasteiger partial charge in [-0.25, -0.2) is 4.79 Å². The van der Waals surface area contributed by atoms with Crippen LogP contribution < -0.4 is 16.0 Å². The van der Waals surface area contributed by atoms with E-state index in [1.54, 1.807) is 20.2 Å². The predicted octanol–water partition coefficient (Wildman–Crippen LogP) is 3.90. The van der Waals surface area contributed by atoms with E-state index in [0.29, 0.717) is 0 Å². The summed E-state index contributed by atoms with van der Waals surface area (Å²) in [7, 11) is 3.31. The molecule has 14 heteroatoms. The third-order valence-corrected chi connectivity index (χ3v) is 10.0. The Morgan fingerprint density at radius 3 is 2.08 bits per heavy atom. The molecule has 0 bridgehead atoms. The van der Waals surface area contributed by atoms with E-state index < -0.39 is 58.7 Å². The number of hydrogen-bond acceptors (Lipinski definition) is 8. The largest absolute Gasteiger partial charge is 0.480 e. The van der Waals surface area contributed by atoms with Gasteiger partial charge >= 0.3 is 5.97 Å². The molecule has 2 rings (SSSR count). The molecule has 5 amide bonds. The number of imide groups is 1. The number of halogens is 1. The topological polar surface area (TPSA) is 182 Å². The Morgan fingerprint density at radius 1 is 0.962 bits per heavy atom. The number of likely N-dealkylation sites (N-methyl/N-ethyl adjacent to an activating group) is 2. The maximum absolute atomic E-state index is 14.2. The number of ketones is 1. The van der Waals surface area contributed by atoms with Gasteiger partial charge < -0.3 is 26.0 Å². The van der Waals surface area contributed by atoms with E-state index in [2.05, 4.69) is 31.9 Å². The van der Waals surface area contributed by atoms with Crippen molar-refractivity contribution in [2.75, 3.05) is 20.6 Å². The number of benzene rings is 1. The van der Waals surface area contributed by atoms with Crippen molar-refractivity contribution in [3.05, 3.63) is 58.1 Å². The van der Waals surface area contributed by atoms with E-state index in [4.69, 9.17) is 0 Å². The van der Waals surface area contributed by atoms with Crippen molar-refractivity contribution in [2.45, 2.75) is 111 Å². The van der Waals surface area contributed by atoms with Crippen molar-refractivity contribution in [3.63, 3.8) is 0 Å². The normalized spacial score (nSPS) is 15.9. The molecular weight excluding hydrogens is 746 g/mol. The molecule has 0 saturated carbocycles. The van der Waals surface area contributed by atoms with E-state index in [-0.39, 0.29) is 61.3 Å². The molecule has 1 aromatic rings. The first-order valence-electron chi connectivity index (χ1n) is 17.8. The number of nitrogens with zero attached hydrogens (tertiary/aromatic N) is 2. The lowest BCUT2D eigenvalue weighted by Crippen LogP contribution is -2.61. The summed E-state index contributed by atoms with van der Waals surface area (Å²) in [5, 5.41) is 18.4. The molecule has 0 aromatic heterocycles. The summed E-state index contributed by atoms with van der Waals surface area (Å²) in [6.45, 7) is 14.9. The van der Waals surface area contributed by atoms with Gasteiger partial charge in [0, 0.05) is 54.0 Å². The zero-order valence-electron chi connectivity index (χ0n) is 32.5. The summed E-state index contributed by atoms with van der Waals surface area (Å²) in [5.41, 5.74) is -0.236. The number of nitrogens with one attached hydrogen (secondary N) is 3. The molecule has 13 nitrogen and oxygen atoms in total. The van der Waals surface area contributed by atoms with E-state index in [0.717, 1.165) is 27.1 Å². The van der Waals surface area contributed by atoms with Crippen molar-refractivity contribution >= 4 is 57.2 Å². The van der Waals surface area contributed by atoms with E-state index in [9.17, 15) is 38.7 Å². The fourth-order valence-corrected chi connectivity index (χ4v) is 6.63. The molecule has 1 aliphatic rings. The molecule has 53 heavy (non-hydrogen) atoms. The highest BCUT2D eigenvalue weighted by Crippen LogP contribution is 2.30. The minimum Gasteiger partial charge on any atom is -0.480 e. The van der Waals surface area contributed by atoms with Gasteiger partial charge in [0.25, 0.3) is 11.8 Å². The number of carboxylic acid groups (broad SMARTS) is 1. The molecule has 0 saturated heterocycles. The average Bonchev–Trinajstić information content (AvgIpc) is 3.38. The van der Waals surface area contributed by atoms with E-state index in [1.807, 2.05) is 72.7 Å². The second kappa shape index (κ2) is 19.2. The Labute approximate surface area is 321 Å². The third kappa shape index (κ3) is 12.4. The zero-order valence-corrected chi connectivity index (χ0v) is 34.1. The van der Waals surface area contributed by atoms with Crippen LogP contribution in [0.25, 0.3) is 0 Å². The quantitative estimate of drug-likeness (QED) is 0.119. The molecule has 0 aliphatic carbocycles. The van der Waals surface area contributed by atoms with E-state index in [1.165, 1.54) is 11.8 Å². The van der Waals surface area contributed by atoms with Gasteiger partial charge in [-0.15, -0.1) is 0 Å². The molecule has 0 fully saturated rings. The highest BCUT2D eigenvalue weighted by atomic mass is 79.9. The van der Waals surface area contributed by atoms with Gasteiger partial charge in [0.2, 0.25) is 17.7 Å². The molecule has 1 aromatic carbocycles. The van der Waals surface area contributed by atoms with Crippen molar-refractivity contribution in [1.82, 2.24) is 25.8 Å². The molecule has 4 N–H and O–H groups in total. The smallest absolute Gasteiger partial charge is 0.326 e. The number of amides is 5. The number of carbonyl (C=O) groups is 7. The van der Waals surface area contributed by atoms with Gasteiger partial charge in [-0.2, -0.15) is 0 Å². The predicted molar refractivity (Wildman–Crippen MR) is 205 cm³/mol. The lowest BCUT2D eigenvalue weighted by molar-refractivity contribution is -0.142. The van der Waals surface area contributed by atoms with Crippen LogP contribution in [0.1, 0.15) is 86.6 Å². The highest BCUT2D eigenvalue weighted by Gasteiger charge is 2.42. The summed E-state index contributed by atoms with van der Waals surface area (Å²) in [4.78, 5) is 91.7. The number of carboxylic acids is 1. The Morgan fingerprint density at radius 2 is 1.57 bits per heavy atom. The molecule has 0 radical (unpaired) electrons. The fourth-order valence-electron chi connectivity index (χ4n) is 6.23. The van der Waals surface area contributed by atoms with Crippen molar-refractivity contribution in [3.8, 4) is 0 Å². The molecular formula is C39H56BrN5O8. The van der Waals surface area contributed by atoms with Gasteiger partial charge in [0.15, 0.2) is 0 Å². The monoisotopic (exact) mass is 801 g/mol. The molecule has 4 atom stereocenters. The first-order valence-corrected chi connectivity index (χ1v) is 18.6. The first-order chi connectivity index (χ1) is 24.5. The Hall–Kier alpha value is -4.17. The number of carbonyl (C=O) groups excluding carboxylic acids is 6. The average molecular weight is 803 g/mol. The molecule has 0 unspecified atom stereocenters. The third-order valence-electron chi connectivity index (χ3n) is 9.55. The summed E-state index contributed by atoms with van der Waals surface area (Å²) >= 11 is 3.51. The Kier molecular flexibility index (Phi) is 16.3. The van der Waals surface area contributed by atoms with Gasteiger partial charge in [0.05, 0.1) is 12.1 Å². The fraction of sp³-hybridized carbons (Fsp3) is 0.564. The second-order valence-corrected chi connectivity index (χ2v) is 16.4. The van der Waals surface area contributed by atoms with Crippen LogP contribution in [0.4, 0.5) is 0 Å². The number of rotatable bonds is 19. The standard InChI is InChI=1S/C39H56BrN5O8/c1-23(2)29(21-24(3)34(49)42-28(37(52)53)17-16-27(46)15-12-20-45-30(47)18-19-31(45)48)44(10)36(51)33(38(4,5)6)43-35(50)32(41-9)39(7,8)25-13-11-14-26(40)22-25/h11,13-14,18-19,21-23,28-29,32-33,41H,12,15-17,20H2,1-10H3,(H,42,49)(H,43,50)(H,52,53)/b24-21+/t28-,29-,32-,33-/m1/s1. The van der Waals surface area contributed by atoms with Crippen LogP contribution in [-0.2, 0) is 39.0 Å². The number of hydrogen-bond donors (Lipinski definition) is 4. The van der Waals surface area contributed by atoms with Crippen LogP contribution in [0.3, 0.4) is 0 Å². The van der Waals surface area contributed by atoms with Crippen molar-refractivity contribution in [2.24, 2.45) is 11.3 Å². The lowest BCUT2D eigenvalue weighted by Gasteiger charge is -2.40. The first kappa shape index (κ1) is 45.0. The highest BCUT2D eigenvalue weighted by molar-refractivity contribution is 9.10. The SMILES string of the molecule is CN[C@H](C(=O)N[C@H](C(=O)N(C)[C@H](/C=C(\C)C(=O)N[C@H](CCC(=O)CCCN1C(=O)C=CC1=O)C(=O)O)C(C)C)C(C)(C)C)C(C)(C)c1cccc(Br)c1. The van der Waals surface area contributed by atoms with Crippen LogP contribution in [0.5, 0.6) is 0 Å².